The molecule has 1 N–H and O–H groups in total. The van der Waals surface area contributed by atoms with Crippen molar-refractivity contribution in [2.45, 2.75) is 19.5 Å². The molecule has 1 heterocycles. The van der Waals surface area contributed by atoms with Crippen molar-refractivity contribution in [1.82, 2.24) is 10.3 Å². The fourth-order valence-corrected chi connectivity index (χ4v) is 2.48. The van der Waals surface area contributed by atoms with Gasteiger partial charge in [0.05, 0.1) is 6.04 Å². The maximum Gasteiger partial charge on any atom is 0.129 e. The van der Waals surface area contributed by atoms with E-state index in [4.69, 9.17) is 11.6 Å². The highest BCUT2D eigenvalue weighted by molar-refractivity contribution is 6.31. The van der Waals surface area contributed by atoms with Crippen molar-refractivity contribution in [1.29, 1.82) is 0 Å². The number of hydrogen-bond donors (Lipinski definition) is 1. The van der Waals surface area contributed by atoms with Crippen molar-refractivity contribution in [3.8, 4) is 0 Å². The van der Waals surface area contributed by atoms with E-state index in [0.717, 1.165) is 22.9 Å². The lowest BCUT2D eigenvalue weighted by atomic mass is 10.1. The molecule has 1 aromatic carbocycles. The molecule has 0 bridgehead atoms. The molecule has 0 aliphatic heterocycles. The highest BCUT2D eigenvalue weighted by Crippen LogP contribution is 2.29. The molecular formula is C16H20ClN3. The first kappa shape index (κ1) is 14.8. The summed E-state index contributed by atoms with van der Waals surface area (Å²) in [5, 5.41) is 3.94. The third kappa shape index (κ3) is 3.30. The van der Waals surface area contributed by atoms with Crippen LogP contribution in [0.15, 0.2) is 42.6 Å². The monoisotopic (exact) mass is 289 g/mol. The number of benzene rings is 1. The standard InChI is InChI=1S/C16H20ClN3/c1-12(14-6-4-5-7-15(14)17)20(3)16-10-13(11-18-2)8-9-19-16/h4-10,12,18H,11H2,1-3H3. The highest BCUT2D eigenvalue weighted by Gasteiger charge is 2.15. The largest absolute Gasteiger partial charge is 0.353 e. The minimum absolute atomic E-state index is 0.168. The number of rotatable bonds is 5. The third-order valence-corrected chi connectivity index (χ3v) is 3.83. The van der Waals surface area contributed by atoms with Crippen LogP contribution in [0.3, 0.4) is 0 Å². The third-order valence-electron chi connectivity index (χ3n) is 3.49. The lowest BCUT2D eigenvalue weighted by Gasteiger charge is -2.27. The predicted octanol–water partition coefficient (Wildman–Crippen LogP) is 3.65. The summed E-state index contributed by atoms with van der Waals surface area (Å²) in [6.07, 6.45) is 1.85. The first-order valence-electron chi connectivity index (χ1n) is 6.70. The van der Waals surface area contributed by atoms with Gasteiger partial charge in [-0.1, -0.05) is 29.8 Å². The van der Waals surface area contributed by atoms with E-state index >= 15 is 0 Å². The van der Waals surface area contributed by atoms with Gasteiger partial charge in [0, 0.05) is 24.8 Å². The summed E-state index contributed by atoms with van der Waals surface area (Å²) in [4.78, 5) is 6.59. The van der Waals surface area contributed by atoms with Crippen molar-refractivity contribution >= 4 is 17.4 Å². The van der Waals surface area contributed by atoms with Crippen LogP contribution in [0.1, 0.15) is 24.1 Å². The van der Waals surface area contributed by atoms with E-state index in [1.165, 1.54) is 5.56 Å². The average molecular weight is 290 g/mol. The Hall–Kier alpha value is -1.58. The quantitative estimate of drug-likeness (QED) is 0.911. The van der Waals surface area contributed by atoms with Crippen LogP contribution in [0.25, 0.3) is 0 Å². The Bertz CT molecular complexity index is 571. The van der Waals surface area contributed by atoms with Crippen molar-refractivity contribution < 1.29 is 0 Å². The van der Waals surface area contributed by atoms with E-state index < -0.39 is 0 Å². The summed E-state index contributed by atoms with van der Waals surface area (Å²) < 4.78 is 0. The molecule has 0 spiro atoms. The highest BCUT2D eigenvalue weighted by atomic mass is 35.5. The fourth-order valence-electron chi connectivity index (χ4n) is 2.19. The molecule has 1 unspecified atom stereocenters. The van der Waals surface area contributed by atoms with Crippen molar-refractivity contribution in [2.24, 2.45) is 0 Å². The number of halogens is 1. The zero-order valence-electron chi connectivity index (χ0n) is 12.1. The summed E-state index contributed by atoms with van der Waals surface area (Å²) >= 11 is 6.27. The van der Waals surface area contributed by atoms with Gasteiger partial charge >= 0.3 is 0 Å². The first-order valence-corrected chi connectivity index (χ1v) is 7.08. The van der Waals surface area contributed by atoms with E-state index in [-0.39, 0.29) is 6.04 Å². The molecule has 1 atom stereocenters. The molecule has 2 rings (SSSR count). The lowest BCUT2D eigenvalue weighted by Crippen LogP contribution is -2.23. The van der Waals surface area contributed by atoms with Crippen LogP contribution < -0.4 is 10.2 Å². The summed E-state index contributed by atoms with van der Waals surface area (Å²) in [6, 6.07) is 12.2. The van der Waals surface area contributed by atoms with Gasteiger partial charge in [-0.25, -0.2) is 4.98 Å². The van der Waals surface area contributed by atoms with Gasteiger partial charge in [-0.05, 0) is 43.3 Å². The number of aromatic nitrogens is 1. The van der Waals surface area contributed by atoms with Crippen LogP contribution in [0.5, 0.6) is 0 Å². The lowest BCUT2D eigenvalue weighted by molar-refractivity contribution is 0.726. The van der Waals surface area contributed by atoms with Gasteiger partial charge in [0.15, 0.2) is 0 Å². The summed E-state index contributed by atoms with van der Waals surface area (Å²) in [7, 11) is 3.98. The number of pyridine rings is 1. The zero-order chi connectivity index (χ0) is 14.5. The van der Waals surface area contributed by atoms with E-state index in [9.17, 15) is 0 Å². The SMILES string of the molecule is CNCc1ccnc(N(C)C(C)c2ccccc2Cl)c1. The van der Waals surface area contributed by atoms with Gasteiger partial charge < -0.3 is 10.2 Å². The van der Waals surface area contributed by atoms with Crippen LogP contribution >= 0.6 is 11.6 Å². The Balaban J connectivity index is 2.24. The van der Waals surface area contributed by atoms with E-state index in [1.807, 2.05) is 44.6 Å². The van der Waals surface area contributed by atoms with Gasteiger partial charge in [0.1, 0.15) is 5.82 Å². The molecule has 0 aliphatic carbocycles. The molecular weight excluding hydrogens is 270 g/mol. The Kier molecular flexibility index (Phi) is 4.99. The van der Waals surface area contributed by atoms with Gasteiger partial charge in [0.25, 0.3) is 0 Å². The van der Waals surface area contributed by atoms with Crippen LogP contribution in [0.4, 0.5) is 5.82 Å². The maximum absolute atomic E-state index is 6.27. The Morgan fingerprint density at radius 3 is 2.75 bits per heavy atom. The fraction of sp³-hybridized carbons (Fsp3) is 0.312. The summed E-state index contributed by atoms with van der Waals surface area (Å²) in [6.45, 7) is 2.97. The molecule has 3 nitrogen and oxygen atoms in total. The van der Waals surface area contributed by atoms with E-state index in [1.54, 1.807) is 0 Å². The second-order valence-corrected chi connectivity index (χ2v) is 5.27. The smallest absolute Gasteiger partial charge is 0.129 e. The number of nitrogens with one attached hydrogen (secondary N) is 1. The molecule has 0 aliphatic rings. The molecule has 0 saturated carbocycles. The minimum atomic E-state index is 0.168. The zero-order valence-corrected chi connectivity index (χ0v) is 12.9. The van der Waals surface area contributed by atoms with Crippen LogP contribution in [0, 0.1) is 0 Å². The molecule has 0 saturated heterocycles. The van der Waals surface area contributed by atoms with E-state index in [0.29, 0.717) is 0 Å². The van der Waals surface area contributed by atoms with Gasteiger partial charge in [0.2, 0.25) is 0 Å². The average Bonchev–Trinajstić information content (AvgIpc) is 2.47. The van der Waals surface area contributed by atoms with E-state index in [2.05, 4.69) is 34.3 Å². The normalized spacial score (nSPS) is 12.2. The van der Waals surface area contributed by atoms with Crippen molar-refractivity contribution in [3.05, 3.63) is 58.7 Å². The summed E-state index contributed by atoms with van der Waals surface area (Å²) in [5.74, 6) is 0.949. The summed E-state index contributed by atoms with van der Waals surface area (Å²) in [5.41, 5.74) is 2.33. The second-order valence-electron chi connectivity index (χ2n) is 4.86. The number of anilines is 1. The minimum Gasteiger partial charge on any atom is -0.353 e. The molecule has 4 heteroatoms. The molecule has 106 valence electrons. The molecule has 0 amide bonds. The number of hydrogen-bond acceptors (Lipinski definition) is 3. The topological polar surface area (TPSA) is 28.2 Å². The molecule has 1 aromatic heterocycles. The first-order chi connectivity index (χ1) is 9.63. The van der Waals surface area contributed by atoms with Gasteiger partial charge in [-0.15, -0.1) is 0 Å². The molecule has 2 aromatic rings. The molecule has 0 fully saturated rings. The van der Waals surface area contributed by atoms with Crippen molar-refractivity contribution in [3.63, 3.8) is 0 Å². The Labute approximate surface area is 125 Å². The Morgan fingerprint density at radius 1 is 1.30 bits per heavy atom. The molecule has 20 heavy (non-hydrogen) atoms. The predicted molar refractivity (Wildman–Crippen MR) is 85.3 cm³/mol. The van der Waals surface area contributed by atoms with Gasteiger partial charge in [-0.3, -0.25) is 0 Å². The second kappa shape index (κ2) is 6.73. The number of nitrogens with zero attached hydrogens (tertiary/aromatic N) is 2. The van der Waals surface area contributed by atoms with Crippen LogP contribution in [0.2, 0.25) is 5.02 Å². The maximum atomic E-state index is 6.27. The van der Waals surface area contributed by atoms with Crippen LogP contribution in [-0.4, -0.2) is 19.1 Å². The van der Waals surface area contributed by atoms with Gasteiger partial charge in [-0.2, -0.15) is 0 Å². The molecule has 0 radical (unpaired) electrons. The van der Waals surface area contributed by atoms with Crippen LogP contribution in [-0.2, 0) is 6.54 Å². The Morgan fingerprint density at radius 2 is 2.05 bits per heavy atom. The van der Waals surface area contributed by atoms with Crippen molar-refractivity contribution in [2.75, 3.05) is 19.0 Å².